The summed E-state index contributed by atoms with van der Waals surface area (Å²) < 4.78 is 23.4. The highest BCUT2D eigenvalue weighted by atomic mass is 79.9. The first-order valence-corrected chi connectivity index (χ1v) is 17.9. The Kier molecular flexibility index (Phi) is 17.4. The molecule has 0 aliphatic heterocycles. The van der Waals surface area contributed by atoms with E-state index in [1.807, 2.05) is 32.9 Å². The number of aryl methyl sites for hydroxylation is 1. The molecule has 50 heavy (non-hydrogen) atoms. The van der Waals surface area contributed by atoms with Gasteiger partial charge >= 0.3 is 24.2 Å². The molecule has 14 heteroatoms. The van der Waals surface area contributed by atoms with Crippen molar-refractivity contribution in [1.29, 1.82) is 0 Å². The van der Waals surface area contributed by atoms with E-state index in [2.05, 4.69) is 26.2 Å². The molecule has 0 radical (unpaired) electrons. The number of aromatic nitrogens is 3. The van der Waals surface area contributed by atoms with Crippen LogP contribution in [0, 0.1) is 0 Å². The number of unbranched alkanes of at least 4 members (excludes halogenated alkanes) is 3. The van der Waals surface area contributed by atoms with Gasteiger partial charge < -0.3 is 24.3 Å². The molecule has 1 N–H and O–H groups in total. The summed E-state index contributed by atoms with van der Waals surface area (Å²) in [6, 6.07) is -0.261. The summed E-state index contributed by atoms with van der Waals surface area (Å²) in [7, 11) is 1.38. The van der Waals surface area contributed by atoms with Crippen molar-refractivity contribution < 1.29 is 38.1 Å². The average Bonchev–Trinajstić information content (AvgIpc) is 3.30. The van der Waals surface area contributed by atoms with Gasteiger partial charge in [-0.25, -0.2) is 19.4 Å². The predicted molar refractivity (Wildman–Crippen MR) is 199 cm³/mol. The van der Waals surface area contributed by atoms with Gasteiger partial charge in [0.05, 0.1) is 18.0 Å². The minimum atomic E-state index is -0.948. The normalized spacial score (nSPS) is 12.5. The summed E-state index contributed by atoms with van der Waals surface area (Å²) in [4.78, 5) is 56.2. The maximum atomic E-state index is 13.5. The number of rotatable bonds is 12. The van der Waals surface area contributed by atoms with Crippen molar-refractivity contribution in [2.75, 3.05) is 12.0 Å². The van der Waals surface area contributed by atoms with E-state index in [-0.39, 0.29) is 17.8 Å². The molecule has 0 aromatic carbocycles. The zero-order chi connectivity index (χ0) is 38.4. The first-order chi connectivity index (χ1) is 23.1. The monoisotopic (exact) mass is 767 g/mol. The lowest BCUT2D eigenvalue weighted by Gasteiger charge is -2.28. The number of anilines is 1. The van der Waals surface area contributed by atoms with Gasteiger partial charge in [-0.05, 0) is 111 Å². The number of hydrogen-bond donors (Lipinski definition) is 1. The van der Waals surface area contributed by atoms with E-state index in [1.165, 1.54) is 7.11 Å². The van der Waals surface area contributed by atoms with Crippen LogP contribution in [-0.2, 0) is 30.3 Å². The van der Waals surface area contributed by atoms with E-state index < -0.39 is 35.1 Å². The number of alkyl carbamates (subject to hydrolysis) is 1. The second kappa shape index (κ2) is 19.6. The van der Waals surface area contributed by atoms with Crippen LogP contribution >= 0.6 is 15.9 Å². The zero-order valence-corrected chi connectivity index (χ0v) is 33.8. The molecule has 0 aliphatic carbocycles. The number of fused-ring (bicyclic) bond motifs is 1. The number of imide groups is 1. The Morgan fingerprint density at radius 1 is 0.920 bits per heavy atom. The quantitative estimate of drug-likeness (QED) is 0.126. The van der Waals surface area contributed by atoms with Crippen molar-refractivity contribution in [1.82, 2.24) is 20.1 Å². The Morgan fingerprint density at radius 2 is 1.48 bits per heavy atom. The summed E-state index contributed by atoms with van der Waals surface area (Å²) in [6.07, 6.45) is 7.16. The maximum absolute atomic E-state index is 13.5. The van der Waals surface area contributed by atoms with Crippen LogP contribution in [0.2, 0.25) is 0 Å². The Bertz CT molecular complexity index is 1440. The Labute approximate surface area is 305 Å². The van der Waals surface area contributed by atoms with Gasteiger partial charge in [-0.15, -0.1) is 0 Å². The summed E-state index contributed by atoms with van der Waals surface area (Å²) in [5.41, 5.74) is -1.14. The third-order valence-corrected chi connectivity index (χ3v) is 6.97. The van der Waals surface area contributed by atoms with Crippen LogP contribution in [-0.4, -0.2) is 69.0 Å². The minimum Gasteiger partial charge on any atom is -0.469 e. The molecular weight excluding hydrogens is 710 g/mol. The topological polar surface area (TPSA) is 151 Å². The maximum Gasteiger partial charge on any atom is 0.425 e. The molecule has 0 spiro atoms. The summed E-state index contributed by atoms with van der Waals surface area (Å²) >= 11 is 3.55. The number of ether oxygens (including phenoxy) is 4. The average molecular weight is 769 g/mol. The molecule has 2 aromatic rings. The Balaban J connectivity index is 0.00000613. The SMILES string of the molecule is CC.COC(=O)CCCCC/C=C/c1cnc(N(C(=O)OC(C)(C)C)C(=O)OC(C)(C)C)c2c(Br)nn(CCC(C)NC(=O)OC(C)(C)C)c12. The van der Waals surface area contributed by atoms with Crippen molar-refractivity contribution in [3.05, 3.63) is 22.4 Å². The molecule has 0 fully saturated rings. The van der Waals surface area contributed by atoms with Gasteiger partial charge in [-0.1, -0.05) is 32.4 Å². The van der Waals surface area contributed by atoms with Gasteiger partial charge in [-0.3, -0.25) is 9.48 Å². The standard InChI is InChI=1S/C34H52BrN5O8.C2H6/c1-22(37-29(42)46-32(2,3)4)19-20-39-26-23(17-15-13-12-14-16-18-24(41)45-11)21-36-28(25(26)27(35)38-39)40(30(43)47-33(5,6)7)31(44)48-34(8,9)10;1-2/h15,17,21-22H,12-14,16,18-20H2,1-11H3,(H,37,42);1-2H3/b17-15+;. The fourth-order valence-electron chi connectivity index (χ4n) is 4.41. The zero-order valence-electron chi connectivity index (χ0n) is 32.2. The molecular formula is C36H58BrN5O8. The van der Waals surface area contributed by atoms with Crippen LogP contribution < -0.4 is 10.2 Å². The number of methoxy groups -OCH3 is 1. The lowest BCUT2D eigenvalue weighted by molar-refractivity contribution is -0.140. The number of allylic oxidation sites excluding steroid dienone is 1. The number of pyridine rings is 1. The number of halogens is 1. The minimum absolute atomic E-state index is 0.00786. The highest BCUT2D eigenvalue weighted by Gasteiger charge is 2.36. The Hall–Kier alpha value is -3.68. The highest BCUT2D eigenvalue weighted by molar-refractivity contribution is 9.10. The number of nitrogens with one attached hydrogen (secondary N) is 1. The van der Waals surface area contributed by atoms with Crippen LogP contribution in [0.25, 0.3) is 17.0 Å². The van der Waals surface area contributed by atoms with Crippen molar-refractivity contribution in [2.45, 2.75) is 151 Å². The van der Waals surface area contributed by atoms with E-state index in [9.17, 15) is 19.2 Å². The van der Waals surface area contributed by atoms with E-state index in [4.69, 9.17) is 24.0 Å². The van der Waals surface area contributed by atoms with E-state index in [0.29, 0.717) is 40.5 Å². The second-order valence-corrected chi connectivity index (χ2v) is 15.2. The Morgan fingerprint density at radius 3 is 2.00 bits per heavy atom. The van der Waals surface area contributed by atoms with Gasteiger partial charge in [-0.2, -0.15) is 10.00 Å². The predicted octanol–water partition coefficient (Wildman–Crippen LogP) is 9.34. The van der Waals surface area contributed by atoms with Crippen molar-refractivity contribution >= 4 is 63.0 Å². The van der Waals surface area contributed by atoms with Gasteiger partial charge in [0.1, 0.15) is 21.4 Å². The number of nitrogens with zero attached hydrogens (tertiary/aromatic N) is 4. The molecule has 0 bridgehead atoms. The molecule has 2 rings (SSSR count). The second-order valence-electron chi connectivity index (χ2n) is 14.5. The first kappa shape index (κ1) is 44.3. The molecule has 2 aromatic heterocycles. The fourth-order valence-corrected chi connectivity index (χ4v) is 4.97. The van der Waals surface area contributed by atoms with Crippen molar-refractivity contribution in [3.8, 4) is 0 Å². The van der Waals surface area contributed by atoms with Gasteiger partial charge in [0, 0.05) is 30.8 Å². The molecule has 282 valence electrons. The van der Waals surface area contributed by atoms with E-state index in [0.717, 1.165) is 30.6 Å². The van der Waals surface area contributed by atoms with Gasteiger partial charge in [0.2, 0.25) is 0 Å². The summed E-state index contributed by atoms with van der Waals surface area (Å²) in [5, 5.41) is 7.96. The van der Waals surface area contributed by atoms with E-state index in [1.54, 1.807) is 73.2 Å². The fraction of sp³-hybridized carbons (Fsp3) is 0.667. The third kappa shape index (κ3) is 15.5. The largest absolute Gasteiger partial charge is 0.469 e. The molecule has 0 aliphatic rings. The molecule has 13 nitrogen and oxygen atoms in total. The lowest BCUT2D eigenvalue weighted by atomic mass is 10.1. The summed E-state index contributed by atoms with van der Waals surface area (Å²) in [6.45, 7) is 21.8. The molecule has 1 atom stereocenters. The van der Waals surface area contributed by atoms with Crippen LogP contribution in [0.3, 0.4) is 0 Å². The number of carbonyl (C=O) groups is 4. The van der Waals surface area contributed by atoms with Crippen LogP contribution in [0.1, 0.15) is 127 Å². The van der Waals surface area contributed by atoms with Gasteiger partial charge in [0.15, 0.2) is 5.82 Å². The van der Waals surface area contributed by atoms with Crippen LogP contribution in [0.15, 0.2) is 16.9 Å². The number of carbonyl (C=O) groups excluding carboxylic acids is 4. The van der Waals surface area contributed by atoms with E-state index >= 15 is 0 Å². The smallest absolute Gasteiger partial charge is 0.425 e. The summed E-state index contributed by atoms with van der Waals surface area (Å²) in [5.74, 6) is -0.230. The third-order valence-electron chi connectivity index (χ3n) is 6.41. The molecule has 3 amide bonds. The molecule has 0 saturated carbocycles. The van der Waals surface area contributed by atoms with Crippen molar-refractivity contribution in [2.24, 2.45) is 0 Å². The number of esters is 1. The van der Waals surface area contributed by atoms with Crippen LogP contribution in [0.5, 0.6) is 0 Å². The number of amides is 3. The molecule has 2 heterocycles. The molecule has 1 unspecified atom stereocenters. The molecule has 0 saturated heterocycles. The highest BCUT2D eigenvalue weighted by Crippen LogP contribution is 2.36. The first-order valence-electron chi connectivity index (χ1n) is 17.2. The number of hydrogen-bond acceptors (Lipinski definition) is 10. The lowest BCUT2D eigenvalue weighted by Crippen LogP contribution is -2.44. The van der Waals surface area contributed by atoms with Crippen molar-refractivity contribution in [3.63, 3.8) is 0 Å². The van der Waals surface area contributed by atoms with Gasteiger partial charge in [0.25, 0.3) is 0 Å². The van der Waals surface area contributed by atoms with Crippen LogP contribution in [0.4, 0.5) is 20.2 Å².